The molecule has 2 amide bonds. The van der Waals surface area contributed by atoms with Crippen molar-refractivity contribution < 1.29 is 9.59 Å². The Morgan fingerprint density at radius 1 is 1.25 bits per heavy atom. The summed E-state index contributed by atoms with van der Waals surface area (Å²) in [5.74, 6) is 0.509. The van der Waals surface area contributed by atoms with Gasteiger partial charge in [-0.2, -0.15) is 0 Å². The van der Waals surface area contributed by atoms with E-state index in [9.17, 15) is 9.59 Å². The first kappa shape index (κ1) is 13.2. The van der Waals surface area contributed by atoms with Crippen LogP contribution in [0.1, 0.15) is 31.2 Å². The van der Waals surface area contributed by atoms with Gasteiger partial charge in [0.25, 0.3) is 0 Å². The number of para-hydroxylation sites is 1. The molecule has 1 aliphatic carbocycles. The maximum absolute atomic E-state index is 12.0. The number of carbonyl (C=O) groups excluding carboxylic acids is 2. The molecule has 4 heteroatoms. The molecule has 106 valence electrons. The van der Waals surface area contributed by atoms with Crippen LogP contribution in [0.5, 0.6) is 0 Å². The van der Waals surface area contributed by atoms with E-state index in [1.54, 1.807) is 4.90 Å². The van der Waals surface area contributed by atoms with E-state index >= 15 is 0 Å². The number of fused-ring (bicyclic) bond motifs is 1. The Balaban J connectivity index is 1.59. The number of hydrogen-bond donors (Lipinski definition) is 1. The standard InChI is InChI=1S/C16H20N2O2/c19-15-9-8-12-4-1-2-7-14(12)18(15)11-10-17-16(20)13-5-3-6-13/h1-2,4,7,13H,3,5-6,8-11H2,(H,17,20). The number of benzene rings is 1. The predicted molar refractivity (Wildman–Crippen MR) is 77.5 cm³/mol. The van der Waals surface area contributed by atoms with Crippen molar-refractivity contribution in [2.45, 2.75) is 32.1 Å². The third kappa shape index (κ3) is 2.55. The summed E-state index contributed by atoms with van der Waals surface area (Å²) < 4.78 is 0. The Labute approximate surface area is 119 Å². The average Bonchev–Trinajstić information content (AvgIpc) is 2.39. The monoisotopic (exact) mass is 272 g/mol. The van der Waals surface area contributed by atoms with Crippen LogP contribution in [0.25, 0.3) is 0 Å². The second-order valence-corrected chi connectivity index (χ2v) is 5.59. The summed E-state index contributed by atoms with van der Waals surface area (Å²) in [6.45, 7) is 1.10. The van der Waals surface area contributed by atoms with Crippen LogP contribution in [-0.2, 0) is 16.0 Å². The van der Waals surface area contributed by atoms with Crippen LogP contribution in [0.4, 0.5) is 5.69 Å². The van der Waals surface area contributed by atoms with Crippen LogP contribution in [0, 0.1) is 5.92 Å². The number of amides is 2. The highest BCUT2D eigenvalue weighted by molar-refractivity contribution is 5.96. The van der Waals surface area contributed by atoms with Crippen LogP contribution >= 0.6 is 0 Å². The van der Waals surface area contributed by atoms with Crippen molar-refractivity contribution in [3.63, 3.8) is 0 Å². The van der Waals surface area contributed by atoms with Crippen molar-refractivity contribution in [3.05, 3.63) is 29.8 Å². The molecule has 1 aromatic carbocycles. The Morgan fingerprint density at radius 3 is 2.80 bits per heavy atom. The van der Waals surface area contributed by atoms with Gasteiger partial charge in [0, 0.05) is 31.1 Å². The van der Waals surface area contributed by atoms with E-state index in [2.05, 4.69) is 11.4 Å². The summed E-state index contributed by atoms with van der Waals surface area (Å²) in [7, 11) is 0. The van der Waals surface area contributed by atoms with Crippen molar-refractivity contribution >= 4 is 17.5 Å². The fourth-order valence-corrected chi connectivity index (χ4v) is 2.85. The van der Waals surface area contributed by atoms with Crippen LogP contribution in [0.3, 0.4) is 0 Å². The molecule has 3 rings (SSSR count). The Kier molecular flexibility index (Phi) is 3.72. The molecule has 0 aromatic heterocycles. The molecule has 1 fully saturated rings. The van der Waals surface area contributed by atoms with Gasteiger partial charge in [-0.3, -0.25) is 9.59 Å². The zero-order valence-electron chi connectivity index (χ0n) is 11.6. The number of carbonyl (C=O) groups is 2. The number of hydrogen-bond acceptors (Lipinski definition) is 2. The lowest BCUT2D eigenvalue weighted by Crippen LogP contribution is -2.43. The third-order valence-corrected chi connectivity index (χ3v) is 4.30. The van der Waals surface area contributed by atoms with E-state index in [4.69, 9.17) is 0 Å². The molecule has 1 saturated carbocycles. The molecule has 0 radical (unpaired) electrons. The molecule has 1 heterocycles. The molecule has 4 nitrogen and oxygen atoms in total. The summed E-state index contributed by atoms with van der Waals surface area (Å²) in [5, 5.41) is 2.95. The van der Waals surface area contributed by atoms with Crippen LogP contribution in [0.2, 0.25) is 0 Å². The highest BCUT2D eigenvalue weighted by atomic mass is 16.2. The second-order valence-electron chi connectivity index (χ2n) is 5.59. The molecule has 0 unspecified atom stereocenters. The zero-order chi connectivity index (χ0) is 13.9. The van der Waals surface area contributed by atoms with Gasteiger partial charge in [0.1, 0.15) is 0 Å². The second kappa shape index (κ2) is 5.65. The SMILES string of the molecule is O=C(NCCN1C(=O)CCc2ccccc21)C1CCC1. The number of anilines is 1. The van der Waals surface area contributed by atoms with E-state index in [0.717, 1.165) is 31.4 Å². The number of nitrogens with one attached hydrogen (secondary N) is 1. The zero-order valence-corrected chi connectivity index (χ0v) is 11.6. The molecule has 0 spiro atoms. The number of aryl methyl sites for hydroxylation is 1. The molecule has 0 atom stereocenters. The Hall–Kier alpha value is -1.84. The minimum absolute atomic E-state index is 0.147. The lowest BCUT2D eigenvalue weighted by molar-refractivity contribution is -0.127. The van der Waals surface area contributed by atoms with Crippen molar-refractivity contribution in [2.75, 3.05) is 18.0 Å². The normalized spacial score (nSPS) is 18.4. The van der Waals surface area contributed by atoms with Crippen LogP contribution < -0.4 is 10.2 Å². The van der Waals surface area contributed by atoms with Crippen molar-refractivity contribution in [3.8, 4) is 0 Å². The maximum Gasteiger partial charge on any atom is 0.227 e. The van der Waals surface area contributed by atoms with Gasteiger partial charge in [-0.15, -0.1) is 0 Å². The quantitative estimate of drug-likeness (QED) is 0.910. The van der Waals surface area contributed by atoms with Crippen molar-refractivity contribution in [2.24, 2.45) is 5.92 Å². The summed E-state index contributed by atoms with van der Waals surface area (Å²) >= 11 is 0. The summed E-state index contributed by atoms with van der Waals surface area (Å²) in [4.78, 5) is 25.6. The highest BCUT2D eigenvalue weighted by Gasteiger charge is 2.26. The lowest BCUT2D eigenvalue weighted by Gasteiger charge is -2.30. The first-order valence-corrected chi connectivity index (χ1v) is 7.41. The van der Waals surface area contributed by atoms with Crippen LogP contribution in [0.15, 0.2) is 24.3 Å². The topological polar surface area (TPSA) is 49.4 Å². The van der Waals surface area contributed by atoms with Gasteiger partial charge in [-0.25, -0.2) is 0 Å². The van der Waals surface area contributed by atoms with Gasteiger partial charge in [-0.05, 0) is 30.9 Å². The van der Waals surface area contributed by atoms with Gasteiger partial charge in [0.05, 0.1) is 0 Å². The fraction of sp³-hybridized carbons (Fsp3) is 0.500. The first-order chi connectivity index (χ1) is 9.75. The van der Waals surface area contributed by atoms with Gasteiger partial charge in [0.15, 0.2) is 0 Å². The highest BCUT2D eigenvalue weighted by Crippen LogP contribution is 2.27. The molecular weight excluding hydrogens is 252 g/mol. The Morgan fingerprint density at radius 2 is 2.05 bits per heavy atom. The molecule has 1 aliphatic heterocycles. The van der Waals surface area contributed by atoms with E-state index in [1.165, 1.54) is 5.56 Å². The van der Waals surface area contributed by atoms with E-state index in [-0.39, 0.29) is 17.7 Å². The van der Waals surface area contributed by atoms with Gasteiger partial charge < -0.3 is 10.2 Å². The first-order valence-electron chi connectivity index (χ1n) is 7.41. The number of nitrogens with zero attached hydrogens (tertiary/aromatic N) is 1. The van der Waals surface area contributed by atoms with Crippen molar-refractivity contribution in [1.82, 2.24) is 5.32 Å². The average molecular weight is 272 g/mol. The molecule has 0 saturated heterocycles. The molecule has 2 aliphatic rings. The third-order valence-electron chi connectivity index (χ3n) is 4.30. The van der Waals surface area contributed by atoms with Crippen molar-refractivity contribution in [1.29, 1.82) is 0 Å². The Bertz CT molecular complexity index is 523. The van der Waals surface area contributed by atoms with E-state index in [0.29, 0.717) is 19.5 Å². The molecule has 1 aromatic rings. The molecule has 20 heavy (non-hydrogen) atoms. The molecule has 1 N–H and O–H groups in total. The van der Waals surface area contributed by atoms with Gasteiger partial charge in [0.2, 0.25) is 11.8 Å². The van der Waals surface area contributed by atoms with E-state index < -0.39 is 0 Å². The predicted octanol–water partition coefficient (Wildman–Crippen LogP) is 1.88. The number of rotatable bonds is 4. The summed E-state index contributed by atoms with van der Waals surface area (Å²) in [6.07, 6.45) is 4.57. The minimum atomic E-state index is 0.147. The van der Waals surface area contributed by atoms with E-state index in [1.807, 2.05) is 18.2 Å². The fourth-order valence-electron chi connectivity index (χ4n) is 2.85. The molecule has 0 bridgehead atoms. The summed E-state index contributed by atoms with van der Waals surface area (Å²) in [5.41, 5.74) is 2.22. The largest absolute Gasteiger partial charge is 0.354 e. The van der Waals surface area contributed by atoms with Gasteiger partial charge in [-0.1, -0.05) is 24.6 Å². The maximum atomic E-state index is 12.0. The van der Waals surface area contributed by atoms with Gasteiger partial charge >= 0.3 is 0 Å². The summed E-state index contributed by atoms with van der Waals surface area (Å²) in [6, 6.07) is 8.02. The minimum Gasteiger partial charge on any atom is -0.354 e. The smallest absolute Gasteiger partial charge is 0.227 e. The molecular formula is C16H20N2O2. The van der Waals surface area contributed by atoms with Crippen LogP contribution in [-0.4, -0.2) is 24.9 Å². The lowest BCUT2D eigenvalue weighted by atomic mass is 9.85.